The number of nitro groups is 1. The molecule has 0 radical (unpaired) electrons. The Morgan fingerprint density at radius 3 is 2.74 bits per heavy atom. The van der Waals surface area contributed by atoms with Crippen LogP contribution in [0, 0.1) is 10.1 Å². The van der Waals surface area contributed by atoms with E-state index in [4.69, 9.17) is 11.3 Å². The second-order valence-corrected chi connectivity index (χ2v) is 3.83. The quantitative estimate of drug-likeness (QED) is 0.176. The number of nitrogens with two attached hydrogens (primary N) is 1. The molecular formula is C10H13N5O4. The van der Waals surface area contributed by atoms with E-state index in [0.29, 0.717) is 0 Å². The maximum Gasteiger partial charge on any atom is 0.271 e. The zero-order chi connectivity index (χ0) is 14.4. The van der Waals surface area contributed by atoms with Gasteiger partial charge in [-0.15, -0.1) is 0 Å². The molecule has 0 aromatic heterocycles. The highest BCUT2D eigenvalue weighted by Gasteiger charge is 2.21. The van der Waals surface area contributed by atoms with E-state index >= 15 is 0 Å². The maximum absolute atomic E-state index is 10.5. The summed E-state index contributed by atoms with van der Waals surface area (Å²) in [6.07, 6.45) is -2.41. The molecule has 1 rings (SSSR count). The molecule has 0 heterocycles. The zero-order valence-electron chi connectivity index (χ0n) is 9.88. The summed E-state index contributed by atoms with van der Waals surface area (Å²) in [4.78, 5) is 12.4. The van der Waals surface area contributed by atoms with Crippen LogP contribution in [0.5, 0.6) is 0 Å². The molecule has 0 aliphatic carbocycles. The van der Waals surface area contributed by atoms with Gasteiger partial charge in [0.2, 0.25) is 0 Å². The number of nitrogens with zero attached hydrogens (tertiary/aromatic N) is 4. The Kier molecular flexibility index (Phi) is 5.07. The number of aliphatic hydroxyl groups is 2. The van der Waals surface area contributed by atoms with Crippen LogP contribution in [0.4, 0.5) is 11.4 Å². The number of nitro benzene ring substituents is 1. The van der Waals surface area contributed by atoms with Gasteiger partial charge in [0.15, 0.2) is 0 Å². The molecule has 0 spiro atoms. The second kappa shape index (κ2) is 6.55. The molecule has 19 heavy (non-hydrogen) atoms. The van der Waals surface area contributed by atoms with E-state index in [1.807, 2.05) is 0 Å². The average molecular weight is 267 g/mol. The number of benzene rings is 1. The molecule has 0 amide bonds. The molecule has 9 nitrogen and oxygen atoms in total. The highest BCUT2D eigenvalue weighted by atomic mass is 16.6. The van der Waals surface area contributed by atoms with E-state index in [9.17, 15) is 20.3 Å². The molecule has 0 bridgehead atoms. The van der Waals surface area contributed by atoms with E-state index in [0.717, 1.165) is 6.07 Å². The zero-order valence-corrected chi connectivity index (χ0v) is 9.88. The lowest BCUT2D eigenvalue weighted by Gasteiger charge is -2.18. The normalized spacial score (nSPS) is 13.4. The van der Waals surface area contributed by atoms with E-state index in [2.05, 4.69) is 10.0 Å². The minimum absolute atomic E-state index is 0.0181. The first kappa shape index (κ1) is 14.7. The van der Waals surface area contributed by atoms with Crippen LogP contribution in [-0.2, 0) is 0 Å². The second-order valence-electron chi connectivity index (χ2n) is 3.83. The van der Waals surface area contributed by atoms with Crippen molar-refractivity contribution in [3.8, 4) is 0 Å². The van der Waals surface area contributed by atoms with Gasteiger partial charge in [0, 0.05) is 34.8 Å². The summed E-state index contributed by atoms with van der Waals surface area (Å²) in [6.45, 7) is 0.0294. The van der Waals surface area contributed by atoms with Crippen LogP contribution in [0.1, 0.15) is 18.1 Å². The summed E-state index contributed by atoms with van der Waals surface area (Å²) in [5, 5.41) is 33.3. The highest BCUT2D eigenvalue weighted by molar-refractivity contribution is 5.55. The first-order chi connectivity index (χ1) is 8.97. The SMILES string of the molecule is [N-]=[N+]=NCCC(O)C(O)c1ccc([N+](=O)[O-])cc1N. The Balaban J connectivity index is 2.84. The number of azide groups is 1. The number of rotatable bonds is 6. The van der Waals surface area contributed by atoms with Crippen LogP contribution in [0.2, 0.25) is 0 Å². The summed E-state index contributed by atoms with van der Waals surface area (Å²) in [5.74, 6) is 0. The van der Waals surface area contributed by atoms with Crippen molar-refractivity contribution in [2.75, 3.05) is 12.3 Å². The molecule has 0 aliphatic heterocycles. The van der Waals surface area contributed by atoms with E-state index in [1.54, 1.807) is 0 Å². The number of nitrogen functional groups attached to an aromatic ring is 1. The topological polar surface area (TPSA) is 158 Å². The minimum Gasteiger partial charge on any atom is -0.398 e. The Hall–Kier alpha value is -2.35. The Labute approximate surface area is 108 Å². The Morgan fingerprint density at radius 1 is 1.53 bits per heavy atom. The van der Waals surface area contributed by atoms with Gasteiger partial charge in [-0.3, -0.25) is 10.1 Å². The first-order valence-corrected chi connectivity index (χ1v) is 5.38. The smallest absolute Gasteiger partial charge is 0.271 e. The van der Waals surface area contributed by atoms with Crippen molar-refractivity contribution >= 4 is 11.4 Å². The molecule has 9 heteroatoms. The van der Waals surface area contributed by atoms with Crippen LogP contribution in [0.3, 0.4) is 0 Å². The van der Waals surface area contributed by atoms with Crippen molar-refractivity contribution in [3.05, 3.63) is 44.3 Å². The van der Waals surface area contributed by atoms with Crippen LogP contribution in [0.25, 0.3) is 10.4 Å². The lowest BCUT2D eigenvalue weighted by Crippen LogP contribution is -2.20. The molecular weight excluding hydrogens is 254 g/mol. The van der Waals surface area contributed by atoms with Crippen molar-refractivity contribution in [2.24, 2.45) is 5.11 Å². The van der Waals surface area contributed by atoms with Crippen LogP contribution in [0.15, 0.2) is 23.3 Å². The van der Waals surface area contributed by atoms with E-state index < -0.39 is 17.1 Å². The molecule has 4 N–H and O–H groups in total. The van der Waals surface area contributed by atoms with Crippen molar-refractivity contribution < 1.29 is 15.1 Å². The summed E-state index contributed by atoms with van der Waals surface area (Å²) in [6, 6.07) is 3.59. The van der Waals surface area contributed by atoms with Crippen molar-refractivity contribution in [1.29, 1.82) is 0 Å². The summed E-state index contributed by atoms with van der Waals surface area (Å²) in [5.41, 5.74) is 13.7. The number of hydrogen-bond donors (Lipinski definition) is 3. The van der Waals surface area contributed by atoms with Gasteiger partial charge in [-0.05, 0) is 18.0 Å². The van der Waals surface area contributed by atoms with E-state index in [1.165, 1.54) is 12.1 Å². The van der Waals surface area contributed by atoms with Gasteiger partial charge in [0.05, 0.1) is 11.0 Å². The predicted octanol–water partition coefficient (Wildman–Crippen LogP) is 1.27. The van der Waals surface area contributed by atoms with Gasteiger partial charge in [-0.1, -0.05) is 5.11 Å². The largest absolute Gasteiger partial charge is 0.398 e. The highest BCUT2D eigenvalue weighted by Crippen LogP contribution is 2.28. The van der Waals surface area contributed by atoms with Crippen LogP contribution in [-0.4, -0.2) is 27.8 Å². The third kappa shape index (κ3) is 3.81. The summed E-state index contributed by atoms with van der Waals surface area (Å²) >= 11 is 0. The number of hydrogen-bond acceptors (Lipinski definition) is 6. The molecule has 2 unspecified atom stereocenters. The molecule has 0 fully saturated rings. The molecule has 1 aromatic carbocycles. The monoisotopic (exact) mass is 267 g/mol. The average Bonchev–Trinajstić information content (AvgIpc) is 2.37. The summed E-state index contributed by atoms with van der Waals surface area (Å²) in [7, 11) is 0. The Morgan fingerprint density at radius 2 is 2.21 bits per heavy atom. The molecule has 102 valence electrons. The number of anilines is 1. The van der Waals surface area contributed by atoms with Crippen LogP contribution < -0.4 is 5.73 Å². The lowest BCUT2D eigenvalue weighted by molar-refractivity contribution is -0.384. The fourth-order valence-electron chi connectivity index (χ4n) is 1.54. The van der Waals surface area contributed by atoms with Gasteiger partial charge in [-0.25, -0.2) is 0 Å². The van der Waals surface area contributed by atoms with Gasteiger partial charge in [0.25, 0.3) is 5.69 Å². The number of non-ortho nitro benzene ring substituents is 1. The fraction of sp³-hybridized carbons (Fsp3) is 0.400. The fourth-order valence-corrected chi connectivity index (χ4v) is 1.54. The predicted molar refractivity (Wildman–Crippen MR) is 67.1 cm³/mol. The minimum atomic E-state index is -1.30. The van der Waals surface area contributed by atoms with Crippen molar-refractivity contribution in [3.63, 3.8) is 0 Å². The number of aliphatic hydroxyl groups excluding tert-OH is 2. The van der Waals surface area contributed by atoms with Crippen molar-refractivity contribution in [1.82, 2.24) is 0 Å². The van der Waals surface area contributed by atoms with Crippen molar-refractivity contribution in [2.45, 2.75) is 18.6 Å². The molecule has 1 aromatic rings. The summed E-state index contributed by atoms with van der Waals surface area (Å²) < 4.78 is 0. The third-order valence-electron chi connectivity index (χ3n) is 2.55. The van der Waals surface area contributed by atoms with E-state index in [-0.39, 0.29) is 29.9 Å². The molecule has 0 saturated heterocycles. The third-order valence-corrected chi connectivity index (χ3v) is 2.55. The van der Waals surface area contributed by atoms with Crippen LogP contribution >= 0.6 is 0 Å². The van der Waals surface area contributed by atoms with Gasteiger partial charge >= 0.3 is 0 Å². The molecule has 0 aliphatic rings. The van der Waals surface area contributed by atoms with Gasteiger partial charge in [0.1, 0.15) is 6.10 Å². The van der Waals surface area contributed by atoms with Gasteiger partial charge < -0.3 is 15.9 Å². The first-order valence-electron chi connectivity index (χ1n) is 5.38. The molecule has 0 saturated carbocycles. The van der Waals surface area contributed by atoms with Gasteiger partial charge in [-0.2, -0.15) is 0 Å². The molecule has 2 atom stereocenters. The Bertz CT molecular complexity index is 515. The maximum atomic E-state index is 10.5. The standard InChI is InChI=1S/C10H13N5O4/c11-8-5-6(15(18)19)1-2-7(8)10(17)9(16)3-4-13-14-12/h1-2,5,9-10,16-17H,3-4,11H2. The lowest BCUT2D eigenvalue weighted by atomic mass is 10.00.